The zero-order valence-electron chi connectivity index (χ0n) is 28.8. The molecule has 1 saturated heterocycles. The van der Waals surface area contributed by atoms with Gasteiger partial charge in [-0.15, -0.1) is 0 Å². The number of carbonyl (C=O) groups excluding carboxylic acids is 2. The SMILES string of the molecule is Cc1ccc(C=NNC(=O)c2cc(OCC(O)CN3CCOCC3)ccc2NC(=O)c2cccc(CN(CC(C)O)CC(C)O)c2)cc1C. The molecule has 4 rings (SSSR count). The van der Waals surface area contributed by atoms with E-state index in [0.717, 1.165) is 35.3 Å². The molecular weight excluding hydrogens is 626 g/mol. The van der Waals surface area contributed by atoms with Crippen molar-refractivity contribution < 1.29 is 34.4 Å². The Morgan fingerprint density at radius 1 is 0.959 bits per heavy atom. The van der Waals surface area contributed by atoms with E-state index in [1.54, 1.807) is 50.4 Å². The number of hydrogen-bond donors (Lipinski definition) is 5. The van der Waals surface area contributed by atoms with Crippen molar-refractivity contribution in [3.8, 4) is 5.75 Å². The number of anilines is 1. The number of benzene rings is 3. The van der Waals surface area contributed by atoms with Crippen molar-refractivity contribution in [2.45, 2.75) is 52.6 Å². The molecule has 1 heterocycles. The van der Waals surface area contributed by atoms with Crippen molar-refractivity contribution in [1.29, 1.82) is 0 Å². The van der Waals surface area contributed by atoms with Crippen LogP contribution in [0.25, 0.3) is 0 Å². The molecule has 3 aromatic carbocycles. The molecule has 0 bridgehead atoms. The maximum absolute atomic E-state index is 13.5. The number of carbonyl (C=O) groups is 2. The highest BCUT2D eigenvalue weighted by molar-refractivity contribution is 6.09. The number of nitrogens with zero attached hydrogens (tertiary/aromatic N) is 3. The summed E-state index contributed by atoms with van der Waals surface area (Å²) in [6.07, 6.45) is -0.364. The van der Waals surface area contributed by atoms with Gasteiger partial charge in [-0.1, -0.05) is 30.3 Å². The number of morpholine rings is 1. The van der Waals surface area contributed by atoms with E-state index in [0.29, 0.717) is 50.7 Å². The first-order valence-corrected chi connectivity index (χ1v) is 16.6. The Balaban J connectivity index is 1.50. The molecule has 264 valence electrons. The van der Waals surface area contributed by atoms with Crippen LogP contribution in [0, 0.1) is 13.8 Å². The summed E-state index contributed by atoms with van der Waals surface area (Å²) in [5.41, 5.74) is 7.20. The number of aryl methyl sites for hydroxylation is 2. The van der Waals surface area contributed by atoms with Gasteiger partial charge < -0.3 is 30.1 Å². The highest BCUT2D eigenvalue weighted by Crippen LogP contribution is 2.24. The molecule has 3 aromatic rings. The molecule has 0 aromatic heterocycles. The lowest BCUT2D eigenvalue weighted by Crippen LogP contribution is -2.42. The van der Waals surface area contributed by atoms with Crippen molar-refractivity contribution in [1.82, 2.24) is 15.2 Å². The van der Waals surface area contributed by atoms with E-state index < -0.39 is 30.1 Å². The third-order valence-electron chi connectivity index (χ3n) is 8.05. The fourth-order valence-electron chi connectivity index (χ4n) is 5.52. The first-order valence-electron chi connectivity index (χ1n) is 16.6. The molecule has 5 N–H and O–H groups in total. The number of hydrazone groups is 1. The maximum atomic E-state index is 13.5. The summed E-state index contributed by atoms with van der Waals surface area (Å²) in [5, 5.41) is 37.4. The predicted molar refractivity (Wildman–Crippen MR) is 189 cm³/mol. The molecule has 2 amide bonds. The van der Waals surface area contributed by atoms with Gasteiger partial charge in [-0.2, -0.15) is 5.10 Å². The fraction of sp³-hybridized carbons (Fsp3) is 0.432. The summed E-state index contributed by atoms with van der Waals surface area (Å²) in [7, 11) is 0. The van der Waals surface area contributed by atoms with Crippen LogP contribution in [0.15, 0.2) is 65.8 Å². The standard InChI is InChI=1S/C37H49N5O7/c1-25-8-9-29(16-26(25)2)19-38-40-37(47)34-18-33(49-24-32(45)23-41-12-14-48-15-13-41)10-11-35(34)39-36(46)31-7-5-6-30(17-31)22-42(20-27(3)43)21-28(4)44/h5-11,16-19,27-28,32,43-45H,12-15,20-24H2,1-4H3,(H,39,46)(H,40,47). The van der Waals surface area contributed by atoms with Crippen LogP contribution in [0.4, 0.5) is 5.69 Å². The number of aliphatic hydroxyl groups is 3. The number of rotatable bonds is 16. The van der Waals surface area contributed by atoms with Crippen molar-refractivity contribution >= 4 is 23.7 Å². The van der Waals surface area contributed by atoms with Gasteiger partial charge in [0.15, 0.2) is 0 Å². The van der Waals surface area contributed by atoms with Crippen LogP contribution in [0.1, 0.15) is 56.8 Å². The largest absolute Gasteiger partial charge is 0.491 e. The Bertz CT molecular complexity index is 1560. The molecular formula is C37H49N5O7. The van der Waals surface area contributed by atoms with Crippen LogP contribution in [0.2, 0.25) is 0 Å². The summed E-state index contributed by atoms with van der Waals surface area (Å²) in [5.74, 6) is -0.641. The normalized spacial score (nSPS) is 15.6. The summed E-state index contributed by atoms with van der Waals surface area (Å²) < 4.78 is 11.2. The predicted octanol–water partition coefficient (Wildman–Crippen LogP) is 2.96. The zero-order valence-corrected chi connectivity index (χ0v) is 28.8. The van der Waals surface area contributed by atoms with Gasteiger partial charge in [0, 0.05) is 44.8 Å². The number of β-amino-alcohol motifs (C(OH)–C–C–N with tert-alkyl or cyclic N) is 1. The van der Waals surface area contributed by atoms with Crippen LogP contribution in [-0.2, 0) is 11.3 Å². The minimum atomic E-state index is -0.748. The van der Waals surface area contributed by atoms with E-state index in [1.165, 1.54) is 6.07 Å². The van der Waals surface area contributed by atoms with Crippen LogP contribution in [0.3, 0.4) is 0 Å². The third-order valence-corrected chi connectivity index (χ3v) is 8.05. The van der Waals surface area contributed by atoms with E-state index in [9.17, 15) is 24.9 Å². The Morgan fingerprint density at radius 3 is 2.39 bits per heavy atom. The van der Waals surface area contributed by atoms with E-state index in [-0.39, 0.29) is 17.9 Å². The van der Waals surface area contributed by atoms with E-state index in [2.05, 4.69) is 20.7 Å². The molecule has 49 heavy (non-hydrogen) atoms. The second-order valence-corrected chi connectivity index (χ2v) is 12.7. The minimum Gasteiger partial charge on any atom is -0.491 e. The molecule has 0 radical (unpaired) electrons. The Labute approximate surface area is 288 Å². The van der Waals surface area contributed by atoms with Gasteiger partial charge in [0.1, 0.15) is 18.5 Å². The number of nitrogens with one attached hydrogen (secondary N) is 2. The molecule has 1 aliphatic rings. The zero-order chi connectivity index (χ0) is 35.3. The lowest BCUT2D eigenvalue weighted by molar-refractivity contribution is 0.00465. The molecule has 3 unspecified atom stereocenters. The smallest absolute Gasteiger partial charge is 0.273 e. The summed E-state index contributed by atoms with van der Waals surface area (Å²) in [6, 6.07) is 17.6. The van der Waals surface area contributed by atoms with Crippen LogP contribution >= 0.6 is 0 Å². The van der Waals surface area contributed by atoms with Crippen molar-refractivity contribution in [2.24, 2.45) is 5.10 Å². The van der Waals surface area contributed by atoms with Gasteiger partial charge >= 0.3 is 0 Å². The lowest BCUT2D eigenvalue weighted by Gasteiger charge is -2.28. The first-order chi connectivity index (χ1) is 23.5. The van der Waals surface area contributed by atoms with Gasteiger partial charge in [-0.05, 0) is 80.3 Å². The number of aliphatic hydroxyl groups excluding tert-OH is 3. The van der Waals surface area contributed by atoms with Gasteiger partial charge in [0.05, 0.1) is 42.9 Å². The maximum Gasteiger partial charge on any atom is 0.273 e. The van der Waals surface area contributed by atoms with Crippen molar-refractivity contribution in [3.63, 3.8) is 0 Å². The number of hydrogen-bond acceptors (Lipinski definition) is 10. The summed E-state index contributed by atoms with van der Waals surface area (Å²) >= 11 is 0. The van der Waals surface area contributed by atoms with Gasteiger partial charge in [-0.25, -0.2) is 5.43 Å². The fourth-order valence-corrected chi connectivity index (χ4v) is 5.52. The monoisotopic (exact) mass is 675 g/mol. The van der Waals surface area contributed by atoms with E-state index in [4.69, 9.17) is 9.47 Å². The molecule has 0 aliphatic carbocycles. The van der Waals surface area contributed by atoms with Crippen molar-refractivity contribution in [2.75, 3.05) is 57.9 Å². The topological polar surface area (TPSA) is 156 Å². The van der Waals surface area contributed by atoms with Gasteiger partial charge in [0.25, 0.3) is 11.8 Å². The molecule has 1 fully saturated rings. The van der Waals surface area contributed by atoms with Crippen LogP contribution < -0.4 is 15.5 Å². The summed E-state index contributed by atoms with van der Waals surface area (Å²) in [4.78, 5) is 31.0. The van der Waals surface area contributed by atoms with Crippen LogP contribution in [0.5, 0.6) is 5.75 Å². The molecule has 12 nitrogen and oxygen atoms in total. The van der Waals surface area contributed by atoms with E-state index in [1.807, 2.05) is 43.0 Å². The van der Waals surface area contributed by atoms with E-state index >= 15 is 0 Å². The Morgan fingerprint density at radius 2 is 1.69 bits per heavy atom. The average molecular weight is 676 g/mol. The second kappa shape index (κ2) is 18.6. The molecule has 0 spiro atoms. The molecule has 3 atom stereocenters. The van der Waals surface area contributed by atoms with Crippen LogP contribution in [-0.4, -0.2) is 114 Å². The molecule has 12 heteroatoms. The lowest BCUT2D eigenvalue weighted by atomic mass is 10.1. The molecule has 1 aliphatic heterocycles. The quantitative estimate of drug-likeness (QED) is 0.114. The minimum absolute atomic E-state index is 0.0168. The summed E-state index contributed by atoms with van der Waals surface area (Å²) in [6.45, 7) is 11.7. The highest BCUT2D eigenvalue weighted by atomic mass is 16.5. The van der Waals surface area contributed by atoms with Crippen molar-refractivity contribution in [3.05, 3.63) is 94.0 Å². The Kier molecular flexibility index (Phi) is 14.3. The van der Waals surface area contributed by atoms with Gasteiger partial charge in [-0.3, -0.25) is 19.4 Å². The molecule has 0 saturated carbocycles. The van der Waals surface area contributed by atoms with Gasteiger partial charge in [0.2, 0.25) is 0 Å². The average Bonchev–Trinajstić information content (AvgIpc) is 3.05. The third kappa shape index (κ3) is 12.3. The second-order valence-electron chi connectivity index (χ2n) is 12.7. The first kappa shape index (κ1) is 37.6. The Hall–Kier alpha value is -4.17. The number of amides is 2. The number of ether oxygens (including phenoxy) is 2. The highest BCUT2D eigenvalue weighted by Gasteiger charge is 2.19.